The molecule has 0 aromatic carbocycles. The number of amides is 1. The van der Waals surface area contributed by atoms with Crippen molar-refractivity contribution in [3.63, 3.8) is 0 Å². The number of pyridine rings is 3. The molecule has 1 fully saturated rings. The summed E-state index contributed by atoms with van der Waals surface area (Å²) < 4.78 is 7.46. The van der Waals surface area contributed by atoms with Crippen molar-refractivity contribution in [2.45, 2.75) is 37.8 Å². The minimum absolute atomic E-state index is 0.117. The van der Waals surface area contributed by atoms with Crippen LogP contribution in [-0.4, -0.2) is 33.7 Å². The molecule has 28 heavy (non-hydrogen) atoms. The van der Waals surface area contributed by atoms with Crippen molar-refractivity contribution in [2.75, 3.05) is 12.4 Å². The molecule has 1 aliphatic carbocycles. The Morgan fingerprint density at radius 3 is 2.61 bits per heavy atom. The number of ether oxygens (including phenoxy) is 1. The van der Waals surface area contributed by atoms with Gasteiger partial charge in [0.1, 0.15) is 11.2 Å². The topological polar surface area (TPSA) is 86.1 Å². The highest BCUT2D eigenvalue weighted by Gasteiger charge is 2.25. The van der Waals surface area contributed by atoms with E-state index in [4.69, 9.17) is 4.74 Å². The van der Waals surface area contributed by atoms with E-state index in [0.717, 1.165) is 25.7 Å². The Morgan fingerprint density at radius 2 is 1.89 bits per heavy atom. The molecule has 144 valence electrons. The van der Waals surface area contributed by atoms with Gasteiger partial charge in [0.05, 0.1) is 11.5 Å². The zero-order valence-corrected chi connectivity index (χ0v) is 15.7. The summed E-state index contributed by atoms with van der Waals surface area (Å²) in [4.78, 5) is 34.1. The third kappa shape index (κ3) is 3.53. The van der Waals surface area contributed by atoms with Crippen molar-refractivity contribution in [2.24, 2.45) is 0 Å². The van der Waals surface area contributed by atoms with Crippen LogP contribution in [0.25, 0.3) is 11.0 Å². The van der Waals surface area contributed by atoms with Crippen LogP contribution in [-0.2, 0) is 4.74 Å². The minimum Gasteiger partial charge on any atom is -0.381 e. The van der Waals surface area contributed by atoms with Gasteiger partial charge in [-0.3, -0.25) is 14.6 Å². The zero-order valence-electron chi connectivity index (χ0n) is 15.7. The average Bonchev–Trinajstić information content (AvgIpc) is 2.75. The number of fused-ring (bicyclic) bond motifs is 1. The van der Waals surface area contributed by atoms with Crippen LogP contribution < -0.4 is 10.7 Å². The molecule has 7 heteroatoms. The molecule has 0 radical (unpaired) electrons. The van der Waals surface area contributed by atoms with Crippen molar-refractivity contribution in [1.29, 1.82) is 0 Å². The Kier molecular flexibility index (Phi) is 5.16. The lowest BCUT2D eigenvalue weighted by Crippen LogP contribution is -2.28. The fourth-order valence-electron chi connectivity index (χ4n) is 3.82. The molecule has 0 unspecified atom stereocenters. The fourth-order valence-corrected chi connectivity index (χ4v) is 3.82. The van der Waals surface area contributed by atoms with Gasteiger partial charge in [-0.15, -0.1) is 0 Å². The van der Waals surface area contributed by atoms with Gasteiger partial charge in [0.15, 0.2) is 0 Å². The monoisotopic (exact) mass is 378 g/mol. The van der Waals surface area contributed by atoms with Crippen molar-refractivity contribution < 1.29 is 9.53 Å². The summed E-state index contributed by atoms with van der Waals surface area (Å²) in [5, 5.41) is 3.23. The molecule has 0 atom stereocenters. The van der Waals surface area contributed by atoms with Crippen LogP contribution in [0.4, 0.5) is 5.69 Å². The SMILES string of the molecule is CO[C@H]1CC[C@H](n2cc(C(=O)Nc3ccncc3)c(=O)c3cccnc32)CC1. The second kappa shape index (κ2) is 7.90. The lowest BCUT2D eigenvalue weighted by atomic mass is 9.92. The van der Waals surface area contributed by atoms with Crippen LogP contribution in [0, 0.1) is 0 Å². The smallest absolute Gasteiger partial charge is 0.261 e. The van der Waals surface area contributed by atoms with E-state index in [2.05, 4.69) is 15.3 Å². The van der Waals surface area contributed by atoms with Gasteiger partial charge in [-0.2, -0.15) is 0 Å². The first-order valence-corrected chi connectivity index (χ1v) is 9.41. The van der Waals surface area contributed by atoms with Gasteiger partial charge in [0, 0.05) is 43.6 Å². The van der Waals surface area contributed by atoms with E-state index in [1.807, 2.05) is 4.57 Å². The van der Waals surface area contributed by atoms with Gasteiger partial charge >= 0.3 is 0 Å². The maximum atomic E-state index is 12.9. The van der Waals surface area contributed by atoms with Crippen LogP contribution in [0.2, 0.25) is 0 Å². The van der Waals surface area contributed by atoms with Gasteiger partial charge in [0.2, 0.25) is 5.43 Å². The number of methoxy groups -OCH3 is 1. The lowest BCUT2D eigenvalue weighted by Gasteiger charge is -2.30. The molecule has 0 spiro atoms. The molecule has 0 bridgehead atoms. The molecule has 4 rings (SSSR count). The maximum Gasteiger partial charge on any atom is 0.261 e. The number of anilines is 1. The van der Waals surface area contributed by atoms with E-state index in [1.54, 1.807) is 56.2 Å². The van der Waals surface area contributed by atoms with E-state index in [1.165, 1.54) is 0 Å². The van der Waals surface area contributed by atoms with E-state index >= 15 is 0 Å². The number of nitrogens with zero attached hydrogens (tertiary/aromatic N) is 3. The van der Waals surface area contributed by atoms with E-state index < -0.39 is 5.91 Å². The zero-order chi connectivity index (χ0) is 19.5. The molecule has 1 N–H and O–H groups in total. The summed E-state index contributed by atoms with van der Waals surface area (Å²) in [5.74, 6) is -0.429. The molecule has 3 aromatic heterocycles. The summed E-state index contributed by atoms with van der Waals surface area (Å²) in [6.07, 6.45) is 10.5. The normalized spacial score (nSPS) is 19.5. The summed E-state index contributed by atoms with van der Waals surface area (Å²) in [5.41, 5.74) is 1.02. The number of rotatable bonds is 4. The van der Waals surface area contributed by atoms with Crippen LogP contribution in [0.15, 0.2) is 53.8 Å². The molecular formula is C21H22N4O3. The molecule has 0 saturated heterocycles. The van der Waals surface area contributed by atoms with Gasteiger partial charge in [-0.25, -0.2) is 4.98 Å². The molecule has 3 aromatic rings. The largest absolute Gasteiger partial charge is 0.381 e. The Bertz CT molecular complexity index is 1040. The lowest BCUT2D eigenvalue weighted by molar-refractivity contribution is 0.0588. The van der Waals surface area contributed by atoms with Crippen molar-refractivity contribution in [3.8, 4) is 0 Å². The standard InChI is InChI=1S/C21H22N4O3/c1-28-16-6-4-15(5-7-16)25-13-18(19(26)17-3-2-10-23-20(17)25)21(27)24-14-8-11-22-12-9-14/h2-3,8-13,15-16H,4-7H2,1H3,(H,22,24,27)/t15-,16-. The molecule has 1 aliphatic rings. The second-order valence-corrected chi connectivity index (χ2v) is 7.01. The Labute approximate surface area is 162 Å². The number of hydrogen-bond acceptors (Lipinski definition) is 5. The first-order valence-electron chi connectivity index (χ1n) is 9.41. The van der Waals surface area contributed by atoms with Crippen LogP contribution in [0.1, 0.15) is 42.1 Å². The predicted molar refractivity (Wildman–Crippen MR) is 106 cm³/mol. The highest BCUT2D eigenvalue weighted by Crippen LogP contribution is 2.31. The van der Waals surface area contributed by atoms with Crippen molar-refractivity contribution in [1.82, 2.24) is 14.5 Å². The quantitative estimate of drug-likeness (QED) is 0.754. The Hall–Kier alpha value is -3.06. The molecule has 3 heterocycles. The Balaban J connectivity index is 1.74. The molecule has 7 nitrogen and oxygen atoms in total. The van der Waals surface area contributed by atoms with Gasteiger partial charge in [0.25, 0.3) is 5.91 Å². The van der Waals surface area contributed by atoms with Crippen molar-refractivity contribution in [3.05, 3.63) is 64.8 Å². The second-order valence-electron chi connectivity index (χ2n) is 7.01. The summed E-state index contributed by atoms with van der Waals surface area (Å²) in [6, 6.07) is 7.00. The highest BCUT2D eigenvalue weighted by atomic mass is 16.5. The maximum absolute atomic E-state index is 12.9. The van der Waals surface area contributed by atoms with E-state index in [9.17, 15) is 9.59 Å². The third-order valence-corrected chi connectivity index (χ3v) is 5.34. The van der Waals surface area contributed by atoms with Gasteiger partial charge in [-0.05, 0) is 49.9 Å². The first-order chi connectivity index (χ1) is 13.7. The van der Waals surface area contributed by atoms with E-state index in [0.29, 0.717) is 16.7 Å². The predicted octanol–water partition coefficient (Wildman–Crippen LogP) is 3.17. The number of carbonyl (C=O) groups excluding carboxylic acids is 1. The van der Waals surface area contributed by atoms with Crippen molar-refractivity contribution >= 4 is 22.6 Å². The minimum atomic E-state index is -0.429. The fraction of sp³-hybridized carbons (Fsp3) is 0.333. The number of aromatic nitrogens is 3. The molecule has 1 amide bonds. The number of hydrogen-bond donors (Lipinski definition) is 1. The summed E-state index contributed by atoms with van der Waals surface area (Å²) >= 11 is 0. The molecule has 1 saturated carbocycles. The average molecular weight is 378 g/mol. The van der Waals surface area contributed by atoms with Crippen LogP contribution in [0.5, 0.6) is 0 Å². The first kappa shape index (κ1) is 18.3. The summed E-state index contributed by atoms with van der Waals surface area (Å²) in [6.45, 7) is 0. The number of carbonyl (C=O) groups is 1. The van der Waals surface area contributed by atoms with Gasteiger partial charge in [-0.1, -0.05) is 0 Å². The third-order valence-electron chi connectivity index (χ3n) is 5.34. The van der Waals surface area contributed by atoms with E-state index in [-0.39, 0.29) is 23.1 Å². The van der Waals surface area contributed by atoms with Crippen LogP contribution in [0.3, 0.4) is 0 Å². The molecular weight excluding hydrogens is 356 g/mol. The van der Waals surface area contributed by atoms with Crippen LogP contribution >= 0.6 is 0 Å². The molecule has 0 aliphatic heterocycles. The number of nitrogens with one attached hydrogen (secondary N) is 1. The Morgan fingerprint density at radius 1 is 1.14 bits per heavy atom. The van der Waals surface area contributed by atoms with Gasteiger partial charge < -0.3 is 14.6 Å². The summed E-state index contributed by atoms with van der Waals surface area (Å²) in [7, 11) is 1.74. The highest BCUT2D eigenvalue weighted by molar-refractivity contribution is 6.05.